The third-order valence-corrected chi connectivity index (χ3v) is 4.04. The molecule has 7 nitrogen and oxygen atoms in total. The number of nitrogens with zero attached hydrogens (tertiary/aromatic N) is 3. The number of fused-ring (bicyclic) bond motifs is 1. The predicted octanol–water partition coefficient (Wildman–Crippen LogP) is 3.23. The van der Waals surface area contributed by atoms with E-state index in [1.165, 1.54) is 13.2 Å². The summed E-state index contributed by atoms with van der Waals surface area (Å²) >= 11 is 5.95. The van der Waals surface area contributed by atoms with Crippen molar-refractivity contribution >= 4 is 29.2 Å². The highest BCUT2D eigenvalue weighted by atomic mass is 35.5. The van der Waals surface area contributed by atoms with Gasteiger partial charge in [-0.1, -0.05) is 17.7 Å². The average Bonchev–Trinajstić information content (AvgIpc) is 3.11. The average molecular weight is 397 g/mol. The van der Waals surface area contributed by atoms with Crippen molar-refractivity contribution in [3.05, 3.63) is 65.1 Å². The van der Waals surface area contributed by atoms with Crippen LogP contribution >= 0.6 is 11.6 Å². The zero-order valence-electron chi connectivity index (χ0n) is 15.1. The third-order valence-electron chi connectivity index (χ3n) is 3.82. The lowest BCUT2D eigenvalue weighted by Gasteiger charge is -2.08. The number of nitriles is 1. The van der Waals surface area contributed by atoms with Gasteiger partial charge in [-0.3, -0.25) is 4.79 Å². The van der Waals surface area contributed by atoms with Gasteiger partial charge < -0.3 is 19.2 Å². The van der Waals surface area contributed by atoms with Crippen molar-refractivity contribution in [2.45, 2.75) is 6.54 Å². The van der Waals surface area contributed by atoms with Crippen LogP contribution in [-0.4, -0.2) is 29.0 Å². The maximum atomic E-state index is 12.1. The highest BCUT2D eigenvalue weighted by molar-refractivity contribution is 6.30. The lowest BCUT2D eigenvalue weighted by atomic mass is 10.2. The number of benzene rings is 1. The zero-order chi connectivity index (χ0) is 19.9. The summed E-state index contributed by atoms with van der Waals surface area (Å²) < 4.78 is 12.3. The molecular formula is C20H17ClN4O3. The van der Waals surface area contributed by atoms with Gasteiger partial charge in [0.25, 0.3) is 0 Å². The smallest absolute Gasteiger partial charge is 0.244 e. The summed E-state index contributed by atoms with van der Waals surface area (Å²) in [5, 5.41) is 12.0. The van der Waals surface area contributed by atoms with Crippen LogP contribution in [0.3, 0.4) is 0 Å². The Bertz CT molecular complexity index is 1070. The minimum absolute atomic E-state index is 0.0663. The Kier molecular flexibility index (Phi) is 6.14. The molecule has 8 heteroatoms. The Hall–Kier alpha value is -3.50. The molecule has 1 N–H and O–H groups in total. The second-order valence-corrected chi connectivity index (χ2v) is 6.19. The summed E-state index contributed by atoms with van der Waals surface area (Å²) in [6, 6.07) is 10.7. The molecule has 0 aliphatic rings. The van der Waals surface area contributed by atoms with Gasteiger partial charge in [-0.25, -0.2) is 4.98 Å². The molecule has 0 bridgehead atoms. The third kappa shape index (κ3) is 4.81. The largest absolute Gasteiger partial charge is 0.493 e. The number of amides is 1. The molecule has 142 valence electrons. The summed E-state index contributed by atoms with van der Waals surface area (Å²) in [5.74, 6) is 0.706. The number of hydrogen-bond donors (Lipinski definition) is 1. The topological polar surface area (TPSA) is 88.7 Å². The van der Waals surface area contributed by atoms with Crippen molar-refractivity contribution in [2.75, 3.05) is 13.7 Å². The fraction of sp³-hybridized carbons (Fsp3) is 0.150. The van der Waals surface area contributed by atoms with E-state index in [9.17, 15) is 4.79 Å². The van der Waals surface area contributed by atoms with Crippen LogP contribution in [0.15, 0.2) is 48.8 Å². The minimum Gasteiger partial charge on any atom is -0.493 e. The normalized spacial score (nSPS) is 10.8. The molecule has 3 aromatic rings. The van der Waals surface area contributed by atoms with Crippen LogP contribution in [0.2, 0.25) is 5.02 Å². The summed E-state index contributed by atoms with van der Waals surface area (Å²) in [6.07, 6.45) is 6.66. The molecule has 0 unspecified atom stereocenters. The van der Waals surface area contributed by atoms with E-state index in [0.717, 1.165) is 16.9 Å². The van der Waals surface area contributed by atoms with Crippen LogP contribution in [-0.2, 0) is 11.3 Å². The Labute approximate surface area is 166 Å². The van der Waals surface area contributed by atoms with Gasteiger partial charge >= 0.3 is 0 Å². The van der Waals surface area contributed by atoms with E-state index in [0.29, 0.717) is 23.1 Å². The van der Waals surface area contributed by atoms with E-state index in [-0.39, 0.29) is 12.5 Å². The van der Waals surface area contributed by atoms with Crippen LogP contribution in [0.25, 0.3) is 11.7 Å². The summed E-state index contributed by atoms with van der Waals surface area (Å²) in [5.41, 5.74) is 2.25. The molecule has 0 saturated carbocycles. The zero-order valence-corrected chi connectivity index (χ0v) is 15.8. The van der Waals surface area contributed by atoms with Crippen molar-refractivity contribution in [1.29, 1.82) is 5.26 Å². The maximum Gasteiger partial charge on any atom is 0.244 e. The molecule has 3 rings (SSSR count). The van der Waals surface area contributed by atoms with E-state index < -0.39 is 0 Å². The van der Waals surface area contributed by atoms with Gasteiger partial charge in [0.05, 0.1) is 24.4 Å². The summed E-state index contributed by atoms with van der Waals surface area (Å²) in [7, 11) is 1.51. The van der Waals surface area contributed by atoms with Crippen LogP contribution in [0.4, 0.5) is 0 Å². The number of aromatic nitrogens is 2. The Morgan fingerprint density at radius 3 is 2.96 bits per heavy atom. The molecule has 0 atom stereocenters. The van der Waals surface area contributed by atoms with Gasteiger partial charge in [-0.2, -0.15) is 5.26 Å². The second kappa shape index (κ2) is 8.93. The van der Waals surface area contributed by atoms with Gasteiger partial charge in [0, 0.05) is 18.5 Å². The predicted molar refractivity (Wildman–Crippen MR) is 105 cm³/mol. The Balaban J connectivity index is 1.60. The first-order chi connectivity index (χ1) is 13.6. The van der Waals surface area contributed by atoms with Crippen molar-refractivity contribution in [3.63, 3.8) is 0 Å². The first-order valence-electron chi connectivity index (χ1n) is 8.36. The first-order valence-corrected chi connectivity index (χ1v) is 8.73. The molecule has 2 heterocycles. The van der Waals surface area contributed by atoms with Crippen LogP contribution in [0.1, 0.15) is 11.3 Å². The molecular weight excluding hydrogens is 380 g/mol. The number of methoxy groups -OCH3 is 1. The maximum absolute atomic E-state index is 12.1. The van der Waals surface area contributed by atoms with Crippen LogP contribution in [0.5, 0.6) is 11.5 Å². The lowest BCUT2D eigenvalue weighted by molar-refractivity contribution is -0.116. The number of ether oxygens (including phenoxy) is 2. The van der Waals surface area contributed by atoms with Gasteiger partial charge in [-0.15, -0.1) is 0 Å². The number of nitrogens with one attached hydrogen (secondary N) is 1. The number of pyridine rings is 1. The highest BCUT2D eigenvalue weighted by Gasteiger charge is 2.06. The fourth-order valence-corrected chi connectivity index (χ4v) is 2.70. The van der Waals surface area contributed by atoms with Crippen molar-refractivity contribution in [2.24, 2.45) is 0 Å². The monoisotopic (exact) mass is 396 g/mol. The van der Waals surface area contributed by atoms with E-state index in [1.807, 2.05) is 22.7 Å². The number of imidazole rings is 1. The molecule has 0 spiro atoms. The van der Waals surface area contributed by atoms with Crippen molar-refractivity contribution < 1.29 is 14.3 Å². The second-order valence-electron chi connectivity index (χ2n) is 5.75. The highest BCUT2D eigenvalue weighted by Crippen LogP contribution is 2.28. The number of rotatable bonds is 7. The molecule has 0 saturated heterocycles. The molecule has 1 aromatic carbocycles. The number of carbonyl (C=O) groups is 1. The van der Waals surface area contributed by atoms with Crippen LogP contribution in [0, 0.1) is 11.3 Å². The Morgan fingerprint density at radius 2 is 2.18 bits per heavy atom. The number of carbonyl (C=O) groups excluding carboxylic acids is 1. The first kappa shape index (κ1) is 19.3. The molecule has 0 aliphatic heterocycles. The summed E-state index contributed by atoms with van der Waals surface area (Å²) in [4.78, 5) is 16.5. The molecule has 0 aliphatic carbocycles. The molecule has 0 radical (unpaired) electrons. The summed E-state index contributed by atoms with van der Waals surface area (Å²) in [6.45, 7) is 0.232. The Morgan fingerprint density at radius 1 is 1.32 bits per heavy atom. The minimum atomic E-state index is -0.251. The van der Waals surface area contributed by atoms with Gasteiger partial charge in [0.1, 0.15) is 11.7 Å². The SMILES string of the molecule is COc1cc(/C=C/C(=O)NCc2cn3cc(Cl)ccc3n2)ccc1OCC#N. The standard InChI is InChI=1S/C20H17ClN4O3/c1-27-18-10-14(2-5-17(18)28-9-8-22)3-7-20(26)23-11-16-13-25-12-15(21)4-6-19(25)24-16/h2-7,10,12-13H,9,11H2,1H3,(H,23,26)/b7-3+. The van der Waals surface area contributed by atoms with E-state index in [4.69, 9.17) is 26.3 Å². The van der Waals surface area contributed by atoms with Crippen molar-refractivity contribution in [3.8, 4) is 17.6 Å². The van der Waals surface area contributed by atoms with E-state index in [2.05, 4.69) is 10.3 Å². The molecule has 2 aromatic heterocycles. The van der Waals surface area contributed by atoms with Gasteiger partial charge in [-0.05, 0) is 35.9 Å². The lowest BCUT2D eigenvalue weighted by Crippen LogP contribution is -2.20. The van der Waals surface area contributed by atoms with Crippen molar-refractivity contribution in [1.82, 2.24) is 14.7 Å². The van der Waals surface area contributed by atoms with Crippen LogP contribution < -0.4 is 14.8 Å². The fourth-order valence-electron chi connectivity index (χ4n) is 2.53. The van der Waals surface area contributed by atoms with Gasteiger partial charge in [0.15, 0.2) is 18.1 Å². The molecule has 1 amide bonds. The molecule has 28 heavy (non-hydrogen) atoms. The molecule has 0 fully saturated rings. The van der Waals surface area contributed by atoms with E-state index in [1.54, 1.807) is 36.5 Å². The number of halogens is 1. The number of hydrogen-bond acceptors (Lipinski definition) is 5. The quantitative estimate of drug-likeness (QED) is 0.619. The van der Waals surface area contributed by atoms with Gasteiger partial charge in [0.2, 0.25) is 5.91 Å². The van der Waals surface area contributed by atoms with E-state index >= 15 is 0 Å².